The van der Waals surface area contributed by atoms with Gasteiger partial charge in [-0.3, -0.25) is 0 Å². The predicted molar refractivity (Wildman–Crippen MR) is 71.0 cm³/mol. The first-order valence-electron chi connectivity index (χ1n) is 5.56. The first-order chi connectivity index (χ1) is 7.88. The first kappa shape index (κ1) is 12.4. The Balaban J connectivity index is 2.25. The molecule has 90 valence electrons. The van der Waals surface area contributed by atoms with E-state index >= 15 is 0 Å². The van der Waals surface area contributed by atoms with Gasteiger partial charge in [0.2, 0.25) is 0 Å². The molecule has 0 saturated heterocycles. The molecule has 0 N–H and O–H groups in total. The van der Waals surface area contributed by atoms with Gasteiger partial charge in [0.15, 0.2) is 6.10 Å². The minimum Gasteiger partial charge on any atom is -0.449 e. The number of carbonyl (C=O) groups is 1. The Bertz CT molecular complexity index is 466. The lowest BCUT2D eigenvalue weighted by molar-refractivity contribution is -0.138. The van der Waals surface area contributed by atoms with Crippen molar-refractivity contribution < 1.29 is 9.53 Å². The smallest absolute Gasteiger partial charge is 0.332 e. The summed E-state index contributed by atoms with van der Waals surface area (Å²) in [6, 6.07) is 8.20. The predicted octanol–water partition coefficient (Wildman–Crippen LogP) is 3.86. The molecule has 0 bridgehead atoms. The van der Waals surface area contributed by atoms with Gasteiger partial charge in [0, 0.05) is 10.6 Å². The van der Waals surface area contributed by atoms with Gasteiger partial charge in [0.1, 0.15) is 0 Å². The Morgan fingerprint density at radius 2 is 1.76 bits per heavy atom. The molecule has 3 heteroatoms. The average molecular weight is 295 g/mol. The van der Waals surface area contributed by atoms with Crippen molar-refractivity contribution in [2.75, 3.05) is 0 Å². The Labute approximate surface area is 110 Å². The topological polar surface area (TPSA) is 26.3 Å². The molecule has 0 radical (unpaired) electrons. The molecule has 1 atom stereocenters. The van der Waals surface area contributed by atoms with Gasteiger partial charge in [-0.2, -0.15) is 0 Å². The van der Waals surface area contributed by atoms with Crippen molar-refractivity contribution in [3.05, 3.63) is 46.0 Å². The van der Waals surface area contributed by atoms with Gasteiger partial charge in [-0.1, -0.05) is 61.0 Å². The van der Waals surface area contributed by atoms with Crippen molar-refractivity contribution >= 4 is 21.9 Å². The maximum Gasteiger partial charge on any atom is 0.332 e. The summed E-state index contributed by atoms with van der Waals surface area (Å²) in [5.74, 6) is -0.290. The molecule has 0 aliphatic carbocycles. The third-order valence-electron chi connectivity index (χ3n) is 2.82. The minimum absolute atomic E-state index is 0.137. The zero-order chi connectivity index (χ0) is 12.6. The monoisotopic (exact) mass is 294 g/mol. The second kappa shape index (κ2) is 4.30. The third kappa shape index (κ3) is 2.60. The van der Waals surface area contributed by atoms with Crippen LogP contribution in [0, 0.1) is 0 Å². The molecule has 0 saturated carbocycles. The summed E-state index contributed by atoms with van der Waals surface area (Å²) in [6.07, 6.45) is 1.19. The zero-order valence-corrected chi connectivity index (χ0v) is 11.7. The van der Waals surface area contributed by atoms with Gasteiger partial charge in [-0.05, 0) is 16.5 Å². The number of ether oxygens (including phenoxy) is 1. The van der Waals surface area contributed by atoms with Gasteiger partial charge < -0.3 is 4.74 Å². The largest absolute Gasteiger partial charge is 0.449 e. The van der Waals surface area contributed by atoms with Crippen molar-refractivity contribution in [1.29, 1.82) is 0 Å². The summed E-state index contributed by atoms with van der Waals surface area (Å²) >= 11 is 3.36. The van der Waals surface area contributed by atoms with Crippen LogP contribution in [0.15, 0.2) is 34.8 Å². The first-order valence-corrected chi connectivity index (χ1v) is 6.35. The fraction of sp³-hybridized carbons (Fsp3) is 0.357. The Kier molecular flexibility index (Phi) is 3.13. The molecule has 2 nitrogen and oxygen atoms in total. The lowest BCUT2D eigenvalue weighted by atomic mass is 9.86. The van der Waals surface area contributed by atoms with E-state index < -0.39 is 0 Å². The summed E-state index contributed by atoms with van der Waals surface area (Å²) < 4.78 is 5.99. The van der Waals surface area contributed by atoms with E-state index in [1.807, 2.05) is 12.1 Å². The molecular formula is C14H15BrO2. The number of carbonyl (C=O) groups excluding carboxylic acids is 1. The van der Waals surface area contributed by atoms with Crippen LogP contribution in [-0.4, -0.2) is 5.97 Å². The molecule has 1 aliphatic rings. The molecule has 0 unspecified atom stereocenters. The molecule has 0 spiro atoms. The molecule has 0 aromatic heterocycles. The van der Waals surface area contributed by atoms with Gasteiger partial charge in [-0.15, -0.1) is 0 Å². The fourth-order valence-corrected chi connectivity index (χ4v) is 2.32. The summed E-state index contributed by atoms with van der Waals surface area (Å²) in [5, 5.41) is 0. The van der Waals surface area contributed by atoms with Crippen molar-refractivity contribution in [2.24, 2.45) is 0 Å². The SMILES string of the molecule is CC(C)(C)c1ccc([C@@H]2OC(=O)C=C2Br)cc1. The Morgan fingerprint density at radius 1 is 1.18 bits per heavy atom. The quantitative estimate of drug-likeness (QED) is 0.735. The number of hydrogen-bond donors (Lipinski definition) is 0. The van der Waals surface area contributed by atoms with E-state index in [-0.39, 0.29) is 17.5 Å². The van der Waals surface area contributed by atoms with Gasteiger partial charge in [-0.25, -0.2) is 4.79 Å². The van der Waals surface area contributed by atoms with Crippen LogP contribution in [0.25, 0.3) is 0 Å². The normalized spacial score (nSPS) is 20.1. The van der Waals surface area contributed by atoms with Crippen molar-refractivity contribution in [3.8, 4) is 0 Å². The second-order valence-corrected chi connectivity index (χ2v) is 6.13. The van der Waals surface area contributed by atoms with E-state index in [0.29, 0.717) is 0 Å². The van der Waals surface area contributed by atoms with Crippen LogP contribution >= 0.6 is 15.9 Å². The van der Waals surface area contributed by atoms with Crippen molar-refractivity contribution in [1.82, 2.24) is 0 Å². The summed E-state index contributed by atoms with van der Waals surface area (Å²) in [6.45, 7) is 6.52. The highest BCUT2D eigenvalue weighted by Crippen LogP contribution is 2.35. The van der Waals surface area contributed by atoms with Crippen LogP contribution in [0.2, 0.25) is 0 Å². The Morgan fingerprint density at radius 3 is 2.18 bits per heavy atom. The van der Waals surface area contributed by atoms with E-state index in [1.165, 1.54) is 11.6 Å². The number of halogens is 1. The maximum absolute atomic E-state index is 11.1. The fourth-order valence-electron chi connectivity index (χ4n) is 1.78. The average Bonchev–Trinajstić information content (AvgIpc) is 2.57. The van der Waals surface area contributed by atoms with Crippen molar-refractivity contribution in [2.45, 2.75) is 32.3 Å². The standard InChI is InChI=1S/C14H15BrO2/c1-14(2,3)10-6-4-9(5-7-10)13-11(15)8-12(16)17-13/h4-8,13H,1-3H3/t13-/m0/s1. The molecule has 17 heavy (non-hydrogen) atoms. The van der Waals surface area contributed by atoms with Crippen molar-refractivity contribution in [3.63, 3.8) is 0 Å². The van der Waals surface area contributed by atoms with E-state index in [4.69, 9.17) is 4.74 Å². The molecule has 0 fully saturated rings. The third-order valence-corrected chi connectivity index (χ3v) is 3.46. The van der Waals surface area contributed by atoms with Crippen LogP contribution < -0.4 is 0 Å². The van der Waals surface area contributed by atoms with Crippen LogP contribution in [0.1, 0.15) is 38.0 Å². The van der Waals surface area contributed by atoms with Gasteiger partial charge >= 0.3 is 5.97 Å². The zero-order valence-electron chi connectivity index (χ0n) is 10.2. The molecule has 1 heterocycles. The Hall–Kier alpha value is -1.09. The molecule has 1 aliphatic heterocycles. The number of hydrogen-bond acceptors (Lipinski definition) is 2. The second-order valence-electron chi connectivity index (χ2n) is 5.22. The maximum atomic E-state index is 11.1. The highest BCUT2D eigenvalue weighted by atomic mass is 79.9. The summed E-state index contributed by atoms with van der Waals surface area (Å²) in [5.41, 5.74) is 2.40. The van der Waals surface area contributed by atoms with Crippen LogP contribution in [0.3, 0.4) is 0 Å². The summed E-state index contributed by atoms with van der Waals surface area (Å²) in [4.78, 5) is 11.1. The number of rotatable bonds is 1. The van der Waals surface area contributed by atoms with E-state index in [9.17, 15) is 4.79 Å². The summed E-state index contributed by atoms with van der Waals surface area (Å²) in [7, 11) is 0. The van der Waals surface area contributed by atoms with Gasteiger partial charge in [0.05, 0.1) is 0 Å². The van der Waals surface area contributed by atoms with E-state index in [1.54, 1.807) is 0 Å². The van der Waals surface area contributed by atoms with Crippen LogP contribution in [0.4, 0.5) is 0 Å². The highest BCUT2D eigenvalue weighted by molar-refractivity contribution is 9.11. The molecule has 2 rings (SSSR count). The van der Waals surface area contributed by atoms with Crippen LogP contribution in [0.5, 0.6) is 0 Å². The van der Waals surface area contributed by atoms with E-state index in [2.05, 4.69) is 48.8 Å². The highest BCUT2D eigenvalue weighted by Gasteiger charge is 2.26. The van der Waals surface area contributed by atoms with E-state index in [0.717, 1.165) is 10.0 Å². The number of cyclic esters (lactones) is 1. The molecular weight excluding hydrogens is 280 g/mol. The molecule has 1 aromatic rings. The molecule has 0 amide bonds. The lowest BCUT2D eigenvalue weighted by Gasteiger charge is -2.20. The van der Waals surface area contributed by atoms with Crippen LogP contribution in [-0.2, 0) is 14.9 Å². The van der Waals surface area contributed by atoms with Gasteiger partial charge in [0.25, 0.3) is 0 Å². The lowest BCUT2D eigenvalue weighted by Crippen LogP contribution is -2.11. The number of esters is 1. The minimum atomic E-state index is -0.290. The number of benzene rings is 1. The molecule has 1 aromatic carbocycles.